The number of halogens is 1. The molecule has 2 unspecified atom stereocenters. The van der Waals surface area contributed by atoms with Gasteiger partial charge in [-0.1, -0.05) is 20.3 Å². The number of rotatable bonds is 4. The van der Waals surface area contributed by atoms with E-state index in [1.54, 1.807) is 4.90 Å². The van der Waals surface area contributed by atoms with E-state index in [-0.39, 0.29) is 30.3 Å². The van der Waals surface area contributed by atoms with Crippen LogP contribution >= 0.6 is 12.4 Å². The molecule has 3 atom stereocenters. The molecule has 0 aliphatic carbocycles. The van der Waals surface area contributed by atoms with Gasteiger partial charge in [0.2, 0.25) is 15.9 Å². The van der Waals surface area contributed by atoms with Gasteiger partial charge in [0, 0.05) is 25.7 Å². The van der Waals surface area contributed by atoms with Crippen molar-refractivity contribution in [3.8, 4) is 0 Å². The molecule has 8 heteroatoms. The molecule has 1 amide bonds. The average Bonchev–Trinajstić information content (AvgIpc) is 2.34. The van der Waals surface area contributed by atoms with Crippen LogP contribution in [0.5, 0.6) is 0 Å². The Balaban J connectivity index is 0.00000361. The Morgan fingerprint density at radius 1 is 1.40 bits per heavy atom. The lowest BCUT2D eigenvalue weighted by Gasteiger charge is -2.39. The van der Waals surface area contributed by atoms with Crippen molar-refractivity contribution in [3.05, 3.63) is 0 Å². The monoisotopic (exact) mass is 327 g/mol. The fourth-order valence-corrected chi connectivity index (χ4v) is 3.48. The third-order valence-corrected chi connectivity index (χ3v) is 5.24. The molecular formula is C12H26ClN3O3S. The predicted molar refractivity (Wildman–Crippen MR) is 82.3 cm³/mol. The van der Waals surface area contributed by atoms with Gasteiger partial charge in [-0.25, -0.2) is 8.42 Å². The quantitative estimate of drug-likeness (QED) is 0.803. The van der Waals surface area contributed by atoms with Crippen LogP contribution in [0.2, 0.25) is 0 Å². The van der Waals surface area contributed by atoms with Crippen LogP contribution in [-0.2, 0) is 14.8 Å². The van der Waals surface area contributed by atoms with E-state index in [0.29, 0.717) is 19.6 Å². The fraction of sp³-hybridized carbons (Fsp3) is 0.917. The molecule has 0 radical (unpaired) electrons. The highest BCUT2D eigenvalue weighted by atomic mass is 35.5. The molecule has 120 valence electrons. The number of nitrogens with zero attached hydrogens (tertiary/aromatic N) is 2. The van der Waals surface area contributed by atoms with E-state index in [9.17, 15) is 13.2 Å². The topological polar surface area (TPSA) is 83.7 Å². The number of carbonyl (C=O) groups excluding carboxylic acids is 1. The van der Waals surface area contributed by atoms with Crippen molar-refractivity contribution in [2.75, 3.05) is 25.9 Å². The van der Waals surface area contributed by atoms with E-state index in [1.807, 2.05) is 20.8 Å². The van der Waals surface area contributed by atoms with Gasteiger partial charge in [0.15, 0.2) is 0 Å². The molecule has 1 rings (SSSR count). The lowest BCUT2D eigenvalue weighted by molar-refractivity contribution is -0.135. The molecule has 1 fully saturated rings. The average molecular weight is 328 g/mol. The van der Waals surface area contributed by atoms with Gasteiger partial charge in [0.1, 0.15) is 0 Å². The Labute approximate surface area is 128 Å². The predicted octanol–water partition coefficient (Wildman–Crippen LogP) is 0.274. The molecule has 20 heavy (non-hydrogen) atoms. The standard InChI is InChI=1S/C12H25N3O3S.ClH/c1-5-9(2)11(13)12(16)14-6-7-15(10(3)8-14)19(4,17)18;/h9-11H,5-8,13H2,1-4H3;1H/t9?,10-,11?;/m0./s1. The van der Waals surface area contributed by atoms with E-state index < -0.39 is 16.1 Å². The Kier molecular flexibility index (Phi) is 7.44. The summed E-state index contributed by atoms with van der Waals surface area (Å²) in [4.78, 5) is 13.9. The second-order valence-corrected chi connectivity index (χ2v) is 7.35. The zero-order valence-corrected chi connectivity index (χ0v) is 14.2. The molecule has 1 heterocycles. The van der Waals surface area contributed by atoms with Gasteiger partial charge >= 0.3 is 0 Å². The smallest absolute Gasteiger partial charge is 0.239 e. The second kappa shape index (κ2) is 7.59. The maximum atomic E-state index is 12.2. The van der Waals surface area contributed by atoms with E-state index in [1.165, 1.54) is 10.6 Å². The van der Waals surface area contributed by atoms with E-state index in [2.05, 4.69) is 0 Å². The summed E-state index contributed by atoms with van der Waals surface area (Å²) in [6.45, 7) is 6.95. The van der Waals surface area contributed by atoms with Crippen LogP contribution in [0.3, 0.4) is 0 Å². The van der Waals surface area contributed by atoms with Gasteiger partial charge in [0.25, 0.3) is 0 Å². The first-order chi connectivity index (χ1) is 8.68. The van der Waals surface area contributed by atoms with Crippen LogP contribution in [0.4, 0.5) is 0 Å². The molecule has 1 aliphatic heterocycles. The number of piperazine rings is 1. The molecule has 1 aliphatic rings. The number of carbonyl (C=O) groups is 1. The summed E-state index contributed by atoms with van der Waals surface area (Å²) in [5.41, 5.74) is 5.94. The van der Waals surface area contributed by atoms with Crippen LogP contribution in [-0.4, -0.2) is 61.5 Å². The summed E-state index contributed by atoms with van der Waals surface area (Å²) in [6, 6.07) is -0.696. The third kappa shape index (κ3) is 4.58. The van der Waals surface area contributed by atoms with E-state index >= 15 is 0 Å². The van der Waals surface area contributed by atoms with Crippen molar-refractivity contribution in [2.45, 2.75) is 39.3 Å². The first-order valence-electron chi connectivity index (χ1n) is 6.69. The van der Waals surface area contributed by atoms with E-state index in [4.69, 9.17) is 5.73 Å². The SMILES string of the molecule is CCC(C)C(N)C(=O)N1CCN(S(C)(=O)=O)[C@@H](C)C1.Cl. The van der Waals surface area contributed by atoms with E-state index in [0.717, 1.165) is 6.42 Å². The van der Waals surface area contributed by atoms with Gasteiger partial charge in [-0.3, -0.25) is 4.79 Å². The summed E-state index contributed by atoms with van der Waals surface area (Å²) in [5.74, 6) is 0.0603. The van der Waals surface area contributed by atoms with Crippen LogP contribution in [0, 0.1) is 5.92 Å². The summed E-state index contributed by atoms with van der Waals surface area (Å²) in [5, 5.41) is 0. The van der Waals surface area contributed by atoms with Gasteiger partial charge in [-0.05, 0) is 12.8 Å². The third-order valence-electron chi connectivity index (χ3n) is 3.85. The van der Waals surface area contributed by atoms with Gasteiger partial charge in [-0.15, -0.1) is 12.4 Å². The minimum Gasteiger partial charge on any atom is -0.338 e. The molecular weight excluding hydrogens is 302 g/mol. The fourth-order valence-electron chi connectivity index (χ4n) is 2.34. The maximum absolute atomic E-state index is 12.2. The van der Waals surface area contributed by atoms with Crippen molar-refractivity contribution in [1.29, 1.82) is 0 Å². The van der Waals surface area contributed by atoms with Gasteiger partial charge in [0.05, 0.1) is 12.3 Å². The van der Waals surface area contributed by atoms with Gasteiger partial charge in [-0.2, -0.15) is 4.31 Å². The Morgan fingerprint density at radius 2 is 1.95 bits per heavy atom. The largest absolute Gasteiger partial charge is 0.338 e. The van der Waals surface area contributed by atoms with Crippen LogP contribution in [0.25, 0.3) is 0 Å². The number of amides is 1. The lowest BCUT2D eigenvalue weighted by atomic mass is 9.98. The van der Waals surface area contributed by atoms with Crippen LogP contribution < -0.4 is 5.73 Å². The van der Waals surface area contributed by atoms with Crippen LogP contribution in [0.1, 0.15) is 27.2 Å². The summed E-state index contributed by atoms with van der Waals surface area (Å²) >= 11 is 0. The van der Waals surface area contributed by atoms with Crippen molar-refractivity contribution < 1.29 is 13.2 Å². The molecule has 6 nitrogen and oxygen atoms in total. The zero-order chi connectivity index (χ0) is 14.8. The molecule has 0 aromatic carbocycles. The number of hydrogen-bond donors (Lipinski definition) is 1. The van der Waals surface area contributed by atoms with Crippen molar-refractivity contribution in [2.24, 2.45) is 11.7 Å². The number of nitrogens with two attached hydrogens (primary N) is 1. The highest BCUT2D eigenvalue weighted by Crippen LogP contribution is 2.16. The van der Waals surface area contributed by atoms with Crippen molar-refractivity contribution >= 4 is 28.3 Å². The zero-order valence-electron chi connectivity index (χ0n) is 12.6. The second-order valence-electron chi connectivity index (χ2n) is 5.42. The van der Waals surface area contributed by atoms with Crippen molar-refractivity contribution in [1.82, 2.24) is 9.21 Å². The molecule has 0 aromatic heterocycles. The Bertz CT molecular complexity index is 430. The highest BCUT2D eigenvalue weighted by molar-refractivity contribution is 7.88. The first kappa shape index (κ1) is 19.6. The molecule has 1 saturated heterocycles. The Hall–Kier alpha value is -0.370. The molecule has 2 N–H and O–H groups in total. The Morgan fingerprint density at radius 3 is 2.35 bits per heavy atom. The molecule has 0 aromatic rings. The summed E-state index contributed by atoms with van der Waals surface area (Å²) < 4.78 is 24.6. The normalized spacial score (nSPS) is 23.9. The minimum absolute atomic E-state index is 0. The number of sulfonamides is 1. The van der Waals surface area contributed by atoms with Gasteiger partial charge < -0.3 is 10.6 Å². The minimum atomic E-state index is -3.20. The highest BCUT2D eigenvalue weighted by Gasteiger charge is 2.34. The summed E-state index contributed by atoms with van der Waals surface area (Å²) in [6.07, 6.45) is 2.05. The first-order valence-corrected chi connectivity index (χ1v) is 8.54. The van der Waals surface area contributed by atoms with Crippen LogP contribution in [0.15, 0.2) is 0 Å². The summed E-state index contributed by atoms with van der Waals surface area (Å²) in [7, 11) is -3.20. The maximum Gasteiger partial charge on any atom is 0.239 e. The molecule has 0 spiro atoms. The lowest BCUT2D eigenvalue weighted by Crippen LogP contribution is -2.58. The molecule has 0 bridgehead atoms. The van der Waals surface area contributed by atoms with Crippen molar-refractivity contribution in [3.63, 3.8) is 0 Å². The molecule has 0 saturated carbocycles. The number of hydrogen-bond acceptors (Lipinski definition) is 4.